The van der Waals surface area contributed by atoms with Crippen molar-refractivity contribution >= 4 is 21.5 Å². The van der Waals surface area contributed by atoms with E-state index in [1.807, 2.05) is 0 Å². The van der Waals surface area contributed by atoms with Crippen molar-refractivity contribution < 1.29 is 30.5 Å². The Kier molecular flexibility index (Phi) is 5.35. The van der Waals surface area contributed by atoms with E-state index in [2.05, 4.69) is 9.17 Å². The fourth-order valence-corrected chi connectivity index (χ4v) is 3.28. The normalized spacial score (nSPS) is 14.4. The quantitative estimate of drug-likeness (QED) is 0.315. The highest BCUT2D eigenvalue weighted by Crippen LogP contribution is 2.40. The molecule has 0 bridgehead atoms. The minimum absolute atomic E-state index is 0.0888. The highest BCUT2D eigenvalue weighted by molar-refractivity contribution is 7.87. The molecule has 0 aliphatic heterocycles. The Morgan fingerprint density at radius 1 is 1.28 bits per heavy atom. The molecule has 1 aromatic carbocycles. The molecule has 0 fully saturated rings. The van der Waals surface area contributed by atoms with Gasteiger partial charge in [0.25, 0.3) is 0 Å². The number of nitriles is 1. The molecule has 1 aromatic heterocycles. The minimum atomic E-state index is -6.01. The van der Waals surface area contributed by atoms with Crippen molar-refractivity contribution in [3.63, 3.8) is 0 Å². The molecule has 29 heavy (non-hydrogen) atoms. The first-order valence-electron chi connectivity index (χ1n) is 8.11. The van der Waals surface area contributed by atoms with E-state index >= 15 is 0 Å². The summed E-state index contributed by atoms with van der Waals surface area (Å²) in [6, 6.07) is 9.54. The summed E-state index contributed by atoms with van der Waals surface area (Å²) in [4.78, 5) is 3.77. The Morgan fingerprint density at radius 3 is 2.62 bits per heavy atom. The molecule has 1 aliphatic rings. The number of hydrogen-bond acceptors (Lipinski definition) is 6. The predicted molar refractivity (Wildman–Crippen MR) is 97.5 cm³/mol. The third-order valence-electron chi connectivity index (χ3n) is 4.14. The number of halogens is 3. The number of fused-ring (bicyclic) bond motifs is 1. The molecule has 6 nitrogen and oxygen atoms in total. The van der Waals surface area contributed by atoms with Crippen molar-refractivity contribution in [2.24, 2.45) is 0 Å². The van der Waals surface area contributed by atoms with Gasteiger partial charge in [0.2, 0.25) is 0 Å². The molecule has 1 aliphatic carbocycles. The topological polar surface area (TPSA) is 89.3 Å². The van der Waals surface area contributed by atoms with Crippen molar-refractivity contribution in [2.45, 2.75) is 11.9 Å². The monoisotopic (exact) mass is 422 g/mol. The summed E-state index contributed by atoms with van der Waals surface area (Å²) in [5.74, 6) is -0.277. The summed E-state index contributed by atoms with van der Waals surface area (Å²) in [5, 5.41) is 9.71. The molecule has 2 aromatic rings. The summed E-state index contributed by atoms with van der Waals surface area (Å²) in [6.45, 7) is 0. The van der Waals surface area contributed by atoms with Crippen molar-refractivity contribution in [3.8, 4) is 11.8 Å². The molecule has 3 rings (SSSR count). The molecular formula is C19H13F3N2O4S. The standard InChI is InChI=1S/C19H13F3N2O4S/c1-27-14-6-4-12-5-7-15(16(12)9-14)17(10-23)18(13-3-2-8-24-11-13)28-29(25,26)19(20,21)22/h2-4,6-9,11H,5H2,1H3/b18-17-. The number of rotatable bonds is 5. The van der Waals surface area contributed by atoms with Gasteiger partial charge in [-0.3, -0.25) is 4.98 Å². The lowest BCUT2D eigenvalue weighted by Gasteiger charge is -2.15. The van der Waals surface area contributed by atoms with Gasteiger partial charge in [-0.25, -0.2) is 0 Å². The molecule has 10 heteroatoms. The molecule has 0 amide bonds. The number of nitrogens with zero attached hydrogens (tertiary/aromatic N) is 2. The zero-order valence-electron chi connectivity index (χ0n) is 14.9. The predicted octanol–water partition coefficient (Wildman–Crippen LogP) is 3.83. The molecule has 150 valence electrons. The second-order valence-electron chi connectivity index (χ2n) is 5.89. The van der Waals surface area contributed by atoms with Gasteiger partial charge < -0.3 is 8.92 Å². The van der Waals surface area contributed by atoms with E-state index in [0.29, 0.717) is 17.7 Å². The summed E-state index contributed by atoms with van der Waals surface area (Å²) in [5.41, 5.74) is -4.52. The number of pyridine rings is 1. The molecule has 0 spiro atoms. The largest absolute Gasteiger partial charge is 0.534 e. The van der Waals surface area contributed by atoms with E-state index in [9.17, 15) is 26.9 Å². The van der Waals surface area contributed by atoms with Crippen molar-refractivity contribution in [2.75, 3.05) is 7.11 Å². The Bertz CT molecular complexity index is 1150. The molecule has 1 heterocycles. The minimum Gasteiger partial charge on any atom is -0.497 e. The SMILES string of the molecule is COc1ccc2c(c1)C(/C(C#N)=C(\OS(=O)(=O)C(F)(F)F)c1cccnc1)=CC2. The van der Waals surface area contributed by atoms with Crippen LogP contribution in [0.15, 0.2) is 54.4 Å². The highest BCUT2D eigenvalue weighted by Gasteiger charge is 2.49. The van der Waals surface area contributed by atoms with E-state index < -0.39 is 21.4 Å². The van der Waals surface area contributed by atoms with Crippen LogP contribution in [0.2, 0.25) is 0 Å². The third-order valence-corrected chi connectivity index (χ3v) is 5.09. The summed E-state index contributed by atoms with van der Waals surface area (Å²) < 4.78 is 71.7. The van der Waals surface area contributed by atoms with Gasteiger partial charge in [-0.15, -0.1) is 0 Å². The van der Waals surface area contributed by atoms with E-state index in [1.165, 1.54) is 25.4 Å². The van der Waals surface area contributed by atoms with Gasteiger partial charge in [0.1, 0.15) is 17.4 Å². The lowest BCUT2D eigenvalue weighted by molar-refractivity contribution is -0.0509. The first kappa shape index (κ1) is 20.4. The molecule has 0 radical (unpaired) electrons. The zero-order valence-corrected chi connectivity index (χ0v) is 15.7. The van der Waals surface area contributed by atoms with Crippen molar-refractivity contribution in [3.05, 3.63) is 71.1 Å². The molecular weight excluding hydrogens is 409 g/mol. The van der Waals surface area contributed by atoms with E-state index in [0.717, 1.165) is 11.8 Å². The van der Waals surface area contributed by atoms with Gasteiger partial charge in [0.05, 0.1) is 7.11 Å². The van der Waals surface area contributed by atoms with Crippen LogP contribution in [0.4, 0.5) is 13.2 Å². The van der Waals surface area contributed by atoms with Crippen LogP contribution in [0.3, 0.4) is 0 Å². The van der Waals surface area contributed by atoms with Gasteiger partial charge >= 0.3 is 15.6 Å². The van der Waals surface area contributed by atoms with E-state index in [-0.39, 0.29) is 16.7 Å². The van der Waals surface area contributed by atoms with Gasteiger partial charge in [-0.1, -0.05) is 12.1 Å². The number of aromatic nitrogens is 1. The molecule has 0 atom stereocenters. The van der Waals surface area contributed by atoms with Crippen LogP contribution in [0.5, 0.6) is 5.75 Å². The molecule has 0 saturated heterocycles. The Morgan fingerprint density at radius 2 is 2.03 bits per heavy atom. The Balaban J connectivity index is 2.22. The van der Waals surface area contributed by atoms with Gasteiger partial charge in [-0.05, 0) is 41.8 Å². The van der Waals surface area contributed by atoms with Crippen LogP contribution in [0.1, 0.15) is 16.7 Å². The summed E-state index contributed by atoms with van der Waals surface area (Å²) >= 11 is 0. The molecule has 0 saturated carbocycles. The lowest BCUT2D eigenvalue weighted by atomic mass is 9.97. The fraction of sp³-hybridized carbons (Fsp3) is 0.158. The van der Waals surface area contributed by atoms with Gasteiger partial charge in [0.15, 0.2) is 5.76 Å². The van der Waals surface area contributed by atoms with Crippen LogP contribution in [0.25, 0.3) is 11.3 Å². The second-order valence-corrected chi connectivity index (χ2v) is 7.42. The fourth-order valence-electron chi connectivity index (χ4n) is 2.79. The highest BCUT2D eigenvalue weighted by atomic mass is 32.2. The maximum Gasteiger partial charge on any atom is 0.534 e. The molecule has 0 N–H and O–H groups in total. The first-order chi connectivity index (χ1) is 13.7. The number of methoxy groups -OCH3 is 1. The Labute approximate surface area is 164 Å². The number of allylic oxidation sites excluding steroid dienone is 3. The number of alkyl halides is 3. The number of benzene rings is 1. The lowest BCUT2D eigenvalue weighted by Crippen LogP contribution is -2.25. The average molecular weight is 422 g/mol. The van der Waals surface area contributed by atoms with Crippen LogP contribution in [-0.4, -0.2) is 26.0 Å². The van der Waals surface area contributed by atoms with Gasteiger partial charge in [-0.2, -0.15) is 26.9 Å². The Hall–Kier alpha value is -3.32. The van der Waals surface area contributed by atoms with Crippen LogP contribution in [0, 0.1) is 11.3 Å². The van der Waals surface area contributed by atoms with E-state index in [4.69, 9.17) is 4.74 Å². The zero-order chi connectivity index (χ0) is 21.2. The van der Waals surface area contributed by atoms with Crippen molar-refractivity contribution in [1.82, 2.24) is 4.98 Å². The summed E-state index contributed by atoms with van der Waals surface area (Å²) in [6.07, 6.45) is 4.48. The maximum absolute atomic E-state index is 12.9. The van der Waals surface area contributed by atoms with E-state index in [1.54, 1.807) is 30.3 Å². The second kappa shape index (κ2) is 7.60. The van der Waals surface area contributed by atoms with Crippen LogP contribution < -0.4 is 4.74 Å². The number of hydrogen-bond donors (Lipinski definition) is 0. The summed E-state index contributed by atoms with van der Waals surface area (Å²) in [7, 11) is -4.56. The maximum atomic E-state index is 12.9. The average Bonchev–Trinajstić information content (AvgIpc) is 3.10. The van der Waals surface area contributed by atoms with Gasteiger partial charge in [0, 0.05) is 23.5 Å². The molecule has 0 unspecified atom stereocenters. The smallest absolute Gasteiger partial charge is 0.497 e. The number of ether oxygens (including phenoxy) is 1. The first-order valence-corrected chi connectivity index (χ1v) is 9.52. The van der Waals surface area contributed by atoms with Crippen LogP contribution >= 0.6 is 0 Å². The third kappa shape index (κ3) is 3.95. The van der Waals surface area contributed by atoms with Crippen molar-refractivity contribution in [1.29, 1.82) is 5.26 Å². The van der Waals surface area contributed by atoms with Crippen LogP contribution in [-0.2, 0) is 20.7 Å².